The van der Waals surface area contributed by atoms with Crippen molar-refractivity contribution in [3.8, 4) is 6.07 Å². The summed E-state index contributed by atoms with van der Waals surface area (Å²) in [5.74, 6) is -0.0112. The summed E-state index contributed by atoms with van der Waals surface area (Å²) >= 11 is 0. The maximum absolute atomic E-state index is 10.4. The van der Waals surface area contributed by atoms with Crippen LogP contribution in [-0.4, -0.2) is 12.3 Å². The van der Waals surface area contributed by atoms with Crippen molar-refractivity contribution in [2.24, 2.45) is 0 Å². The Hall–Kier alpha value is -1.30. The Balaban J connectivity index is 3.74. The molecule has 0 rings (SSSR count). The van der Waals surface area contributed by atoms with E-state index in [2.05, 4.69) is 5.32 Å². The van der Waals surface area contributed by atoms with Gasteiger partial charge < -0.3 is 5.32 Å². The molecule has 0 aromatic heterocycles. The Labute approximate surface area is 60.3 Å². The normalized spacial score (nSPS) is 10.3. The van der Waals surface area contributed by atoms with Gasteiger partial charge in [-0.25, -0.2) is 0 Å². The van der Waals surface area contributed by atoms with Gasteiger partial charge in [-0.1, -0.05) is 0 Å². The van der Waals surface area contributed by atoms with Gasteiger partial charge in [0.25, 0.3) is 0 Å². The zero-order valence-electron chi connectivity index (χ0n) is 6.14. The van der Waals surface area contributed by atoms with E-state index in [1.165, 1.54) is 13.0 Å². The first kappa shape index (κ1) is 8.70. The first-order valence-corrected chi connectivity index (χ1v) is 2.96. The molecule has 0 aliphatic rings. The van der Waals surface area contributed by atoms with Crippen LogP contribution in [0.25, 0.3) is 0 Å². The van der Waals surface area contributed by atoms with E-state index in [9.17, 15) is 4.79 Å². The Bertz CT molecular complexity index is 188. The fourth-order valence-corrected chi connectivity index (χ4v) is 0.535. The van der Waals surface area contributed by atoms with Crippen molar-refractivity contribution in [3.05, 3.63) is 11.8 Å². The van der Waals surface area contributed by atoms with Crippen LogP contribution in [-0.2, 0) is 4.79 Å². The summed E-state index contributed by atoms with van der Waals surface area (Å²) in [6, 6.07) is 1.91. The minimum atomic E-state index is -0.0112. The minimum absolute atomic E-state index is 0.0112. The van der Waals surface area contributed by atoms with Gasteiger partial charge in [-0.2, -0.15) is 5.26 Å². The summed E-state index contributed by atoms with van der Waals surface area (Å²) in [5, 5.41) is 10.9. The molecule has 0 heterocycles. The van der Waals surface area contributed by atoms with E-state index in [1.54, 1.807) is 6.92 Å². The quantitative estimate of drug-likeness (QED) is 0.458. The number of allylic oxidation sites excluding steroid dienone is 2. The molecule has 0 fully saturated rings. The van der Waals surface area contributed by atoms with Crippen LogP contribution in [0.1, 0.15) is 13.8 Å². The van der Waals surface area contributed by atoms with Gasteiger partial charge in [0.1, 0.15) is 6.54 Å². The number of carbonyl (C=O) groups excluding carboxylic acids is 1. The monoisotopic (exact) mass is 138 g/mol. The molecule has 0 aromatic rings. The second-order valence-corrected chi connectivity index (χ2v) is 1.95. The number of hydrogen-bond donors (Lipinski definition) is 1. The lowest BCUT2D eigenvalue weighted by molar-refractivity contribution is -0.112. The summed E-state index contributed by atoms with van der Waals surface area (Å²) in [5.41, 5.74) is 0.731. The predicted octanol–water partition coefficient (Wildman–Crippen LogP) is 0.592. The number of hydrogen-bond acceptors (Lipinski definition) is 3. The van der Waals surface area contributed by atoms with Crippen LogP contribution >= 0.6 is 0 Å². The number of carbonyl (C=O) groups is 1. The van der Waals surface area contributed by atoms with Crippen LogP contribution in [0.5, 0.6) is 0 Å². The van der Waals surface area contributed by atoms with Gasteiger partial charge in [0.2, 0.25) is 0 Å². The zero-order valence-corrected chi connectivity index (χ0v) is 6.14. The summed E-state index contributed by atoms with van der Waals surface area (Å²) < 4.78 is 0. The molecule has 3 nitrogen and oxygen atoms in total. The fourth-order valence-electron chi connectivity index (χ4n) is 0.535. The van der Waals surface area contributed by atoms with Crippen molar-refractivity contribution >= 4 is 5.78 Å². The van der Waals surface area contributed by atoms with Gasteiger partial charge in [0, 0.05) is 5.70 Å². The molecule has 1 N–H and O–H groups in total. The molecule has 0 atom stereocenters. The van der Waals surface area contributed by atoms with Crippen LogP contribution in [0.15, 0.2) is 11.8 Å². The van der Waals surface area contributed by atoms with E-state index < -0.39 is 0 Å². The highest BCUT2D eigenvalue weighted by molar-refractivity contribution is 5.87. The van der Waals surface area contributed by atoms with Crippen LogP contribution < -0.4 is 5.32 Å². The largest absolute Gasteiger partial charge is 0.376 e. The van der Waals surface area contributed by atoms with E-state index in [0.717, 1.165) is 5.70 Å². The van der Waals surface area contributed by atoms with Crippen LogP contribution in [0.2, 0.25) is 0 Å². The second kappa shape index (κ2) is 4.57. The third kappa shape index (κ3) is 4.85. The van der Waals surface area contributed by atoms with Gasteiger partial charge in [-0.3, -0.25) is 4.79 Å². The number of nitriles is 1. The highest BCUT2D eigenvalue weighted by Crippen LogP contribution is 1.84. The van der Waals surface area contributed by atoms with Crippen LogP contribution in [0.4, 0.5) is 0 Å². The maximum atomic E-state index is 10.4. The number of nitrogens with one attached hydrogen (secondary N) is 1. The molecular formula is C7H10N2O. The molecular weight excluding hydrogens is 128 g/mol. The van der Waals surface area contributed by atoms with Gasteiger partial charge in [0.05, 0.1) is 6.07 Å². The smallest absolute Gasteiger partial charge is 0.154 e. The standard InChI is InChI=1S/C7H10N2O/c1-6(5-7(2)10)9-4-3-8/h5,9H,4H2,1-2H3/b6-5+. The van der Waals surface area contributed by atoms with Crippen LogP contribution in [0.3, 0.4) is 0 Å². The van der Waals surface area contributed by atoms with Gasteiger partial charge in [-0.15, -0.1) is 0 Å². The number of nitrogens with zero attached hydrogens (tertiary/aromatic N) is 1. The first-order valence-electron chi connectivity index (χ1n) is 2.96. The molecule has 0 aliphatic heterocycles. The average Bonchev–Trinajstić information content (AvgIpc) is 1.82. The summed E-state index contributed by atoms with van der Waals surface area (Å²) in [7, 11) is 0. The molecule has 3 heteroatoms. The molecule has 0 unspecified atom stereocenters. The van der Waals surface area contributed by atoms with Crippen molar-refractivity contribution in [2.45, 2.75) is 13.8 Å². The topological polar surface area (TPSA) is 52.9 Å². The molecule has 10 heavy (non-hydrogen) atoms. The van der Waals surface area contributed by atoms with Crippen molar-refractivity contribution in [1.29, 1.82) is 5.26 Å². The lowest BCUT2D eigenvalue weighted by Crippen LogP contribution is -2.11. The highest BCUT2D eigenvalue weighted by Gasteiger charge is 1.88. The van der Waals surface area contributed by atoms with Gasteiger partial charge in [-0.05, 0) is 19.9 Å². The van der Waals surface area contributed by atoms with E-state index in [0.29, 0.717) is 0 Å². The van der Waals surface area contributed by atoms with Gasteiger partial charge in [0.15, 0.2) is 5.78 Å². The molecule has 54 valence electrons. The van der Waals surface area contributed by atoms with Crippen LogP contribution in [0, 0.1) is 11.3 Å². The Morgan fingerprint density at radius 2 is 2.30 bits per heavy atom. The third-order valence-corrected chi connectivity index (χ3v) is 0.866. The fraction of sp³-hybridized carbons (Fsp3) is 0.429. The number of rotatable bonds is 3. The van der Waals surface area contributed by atoms with E-state index in [4.69, 9.17) is 5.26 Å². The van der Waals surface area contributed by atoms with Crippen molar-refractivity contribution in [2.75, 3.05) is 6.54 Å². The summed E-state index contributed by atoms with van der Waals surface area (Å²) in [6.45, 7) is 3.46. The van der Waals surface area contributed by atoms with Gasteiger partial charge >= 0.3 is 0 Å². The predicted molar refractivity (Wildman–Crippen MR) is 38.1 cm³/mol. The third-order valence-electron chi connectivity index (χ3n) is 0.866. The summed E-state index contributed by atoms with van der Waals surface area (Å²) in [4.78, 5) is 10.4. The Morgan fingerprint density at radius 3 is 2.70 bits per heavy atom. The molecule has 0 aromatic carbocycles. The molecule has 0 bridgehead atoms. The average molecular weight is 138 g/mol. The molecule has 0 saturated heterocycles. The number of ketones is 1. The lowest BCUT2D eigenvalue weighted by Gasteiger charge is -1.97. The van der Waals surface area contributed by atoms with E-state index in [-0.39, 0.29) is 12.3 Å². The van der Waals surface area contributed by atoms with Crippen molar-refractivity contribution < 1.29 is 4.79 Å². The highest BCUT2D eigenvalue weighted by atomic mass is 16.1. The summed E-state index contributed by atoms with van der Waals surface area (Å²) in [6.07, 6.45) is 1.46. The molecule has 0 spiro atoms. The van der Waals surface area contributed by atoms with Crippen molar-refractivity contribution in [3.63, 3.8) is 0 Å². The molecule has 0 saturated carbocycles. The first-order chi connectivity index (χ1) is 4.66. The lowest BCUT2D eigenvalue weighted by atomic mass is 10.3. The van der Waals surface area contributed by atoms with E-state index >= 15 is 0 Å². The SMILES string of the molecule is CC(=O)/C=C(\C)NCC#N. The maximum Gasteiger partial charge on any atom is 0.154 e. The second-order valence-electron chi connectivity index (χ2n) is 1.95. The Morgan fingerprint density at radius 1 is 1.70 bits per heavy atom. The van der Waals surface area contributed by atoms with Crippen molar-refractivity contribution in [1.82, 2.24) is 5.32 Å². The molecule has 0 amide bonds. The molecule has 0 aliphatic carbocycles. The minimum Gasteiger partial charge on any atom is -0.376 e. The molecule has 0 radical (unpaired) electrons. The zero-order chi connectivity index (χ0) is 7.98. The Kier molecular flexibility index (Phi) is 3.97. The van der Waals surface area contributed by atoms with E-state index in [1.807, 2.05) is 6.07 Å².